The quantitative estimate of drug-likeness (QED) is 0.753. The fourth-order valence-corrected chi connectivity index (χ4v) is 2.25. The minimum atomic E-state index is -4.43. The Balaban J connectivity index is 1.51. The molecule has 0 aliphatic heterocycles. The summed E-state index contributed by atoms with van der Waals surface area (Å²) in [7, 11) is 0. The number of halogens is 3. The van der Waals surface area contributed by atoms with Gasteiger partial charge in [0.25, 0.3) is 5.91 Å². The average molecular weight is 394 g/mol. The summed E-state index contributed by atoms with van der Waals surface area (Å²) in [4.78, 5) is 31.8. The molecule has 1 fully saturated rings. The molecule has 2 aromatic rings. The normalized spacial score (nSPS) is 13.7. The van der Waals surface area contributed by atoms with Crippen molar-refractivity contribution in [3.8, 4) is 5.88 Å². The monoisotopic (exact) mass is 394 g/mol. The SMILES string of the molecule is O=C(NCc1ccc(OCC(F)(F)F)nc1)c1ccnc(NC(=O)C2CC2)c1. The zero-order chi connectivity index (χ0) is 20.1. The highest BCUT2D eigenvalue weighted by molar-refractivity contribution is 5.97. The molecule has 7 nitrogen and oxygen atoms in total. The minimum absolute atomic E-state index is 0.0230. The maximum absolute atomic E-state index is 12.3. The summed E-state index contributed by atoms with van der Waals surface area (Å²) in [6, 6.07) is 5.79. The van der Waals surface area contributed by atoms with E-state index in [9.17, 15) is 22.8 Å². The second-order valence-corrected chi connectivity index (χ2v) is 6.28. The summed E-state index contributed by atoms with van der Waals surface area (Å²) >= 11 is 0. The van der Waals surface area contributed by atoms with Crippen molar-refractivity contribution in [2.24, 2.45) is 5.92 Å². The largest absolute Gasteiger partial charge is 0.468 e. The number of carbonyl (C=O) groups excluding carboxylic acids is 2. The lowest BCUT2D eigenvalue weighted by molar-refractivity contribution is -0.154. The van der Waals surface area contributed by atoms with E-state index in [1.54, 1.807) is 0 Å². The number of pyridine rings is 2. The molecule has 1 saturated carbocycles. The topological polar surface area (TPSA) is 93.2 Å². The summed E-state index contributed by atoms with van der Waals surface area (Å²) in [5.41, 5.74) is 0.906. The minimum Gasteiger partial charge on any atom is -0.468 e. The maximum atomic E-state index is 12.3. The van der Waals surface area contributed by atoms with Gasteiger partial charge >= 0.3 is 6.18 Å². The molecule has 0 unspecified atom stereocenters. The van der Waals surface area contributed by atoms with Gasteiger partial charge in [-0.05, 0) is 30.5 Å². The van der Waals surface area contributed by atoms with Crippen molar-refractivity contribution in [2.45, 2.75) is 25.6 Å². The van der Waals surface area contributed by atoms with E-state index in [0.29, 0.717) is 16.9 Å². The van der Waals surface area contributed by atoms with Crippen molar-refractivity contribution in [2.75, 3.05) is 11.9 Å². The first kappa shape index (κ1) is 19.6. The van der Waals surface area contributed by atoms with Crippen LogP contribution < -0.4 is 15.4 Å². The molecule has 0 radical (unpaired) electrons. The Labute approximate surface area is 158 Å². The number of anilines is 1. The van der Waals surface area contributed by atoms with Crippen molar-refractivity contribution >= 4 is 17.6 Å². The van der Waals surface area contributed by atoms with Crippen LogP contribution in [0.1, 0.15) is 28.8 Å². The third kappa shape index (κ3) is 5.93. The summed E-state index contributed by atoms with van der Waals surface area (Å²) in [6.07, 6.45) is 0.0294. The summed E-state index contributed by atoms with van der Waals surface area (Å²) in [6.45, 7) is -1.30. The van der Waals surface area contributed by atoms with Crippen molar-refractivity contribution in [3.63, 3.8) is 0 Å². The lowest BCUT2D eigenvalue weighted by Gasteiger charge is -2.09. The van der Waals surface area contributed by atoms with E-state index in [0.717, 1.165) is 12.8 Å². The van der Waals surface area contributed by atoms with Crippen LogP contribution in [-0.2, 0) is 11.3 Å². The van der Waals surface area contributed by atoms with Gasteiger partial charge in [-0.3, -0.25) is 9.59 Å². The summed E-state index contributed by atoms with van der Waals surface area (Å²) in [5, 5.41) is 5.33. The van der Waals surface area contributed by atoms with Gasteiger partial charge in [-0.15, -0.1) is 0 Å². The number of hydrogen-bond donors (Lipinski definition) is 2. The molecule has 2 heterocycles. The Kier molecular flexibility index (Phi) is 5.76. The van der Waals surface area contributed by atoms with Gasteiger partial charge in [0.05, 0.1) is 0 Å². The van der Waals surface area contributed by atoms with Crippen molar-refractivity contribution in [3.05, 3.63) is 47.8 Å². The molecule has 0 aromatic carbocycles. The number of nitrogens with zero attached hydrogens (tertiary/aromatic N) is 2. The van der Waals surface area contributed by atoms with Crippen LogP contribution in [0.25, 0.3) is 0 Å². The number of ether oxygens (including phenoxy) is 1. The molecular weight excluding hydrogens is 377 g/mol. The molecule has 1 aliphatic rings. The van der Waals surface area contributed by atoms with Crippen LogP contribution >= 0.6 is 0 Å². The van der Waals surface area contributed by atoms with Gasteiger partial charge in [0.1, 0.15) is 5.82 Å². The Morgan fingerprint density at radius 3 is 2.61 bits per heavy atom. The molecule has 1 aliphatic carbocycles. The Morgan fingerprint density at radius 2 is 1.96 bits per heavy atom. The maximum Gasteiger partial charge on any atom is 0.422 e. The third-order valence-corrected chi connectivity index (χ3v) is 3.86. The van der Waals surface area contributed by atoms with Crippen molar-refractivity contribution in [1.82, 2.24) is 15.3 Å². The van der Waals surface area contributed by atoms with E-state index in [1.807, 2.05) is 0 Å². The second-order valence-electron chi connectivity index (χ2n) is 6.28. The van der Waals surface area contributed by atoms with Crippen LogP contribution in [0.2, 0.25) is 0 Å². The van der Waals surface area contributed by atoms with Crippen LogP contribution in [-0.4, -0.2) is 34.6 Å². The smallest absolute Gasteiger partial charge is 0.422 e. The number of nitrogens with one attached hydrogen (secondary N) is 2. The predicted molar refractivity (Wildman–Crippen MR) is 92.5 cm³/mol. The Bertz CT molecular complexity index is 852. The number of alkyl halides is 3. The molecule has 0 spiro atoms. The van der Waals surface area contributed by atoms with E-state index in [4.69, 9.17) is 0 Å². The molecule has 148 valence electrons. The lowest BCUT2D eigenvalue weighted by atomic mass is 10.2. The van der Waals surface area contributed by atoms with E-state index >= 15 is 0 Å². The number of carbonyl (C=O) groups is 2. The van der Waals surface area contributed by atoms with Gasteiger partial charge in [0.2, 0.25) is 11.8 Å². The summed E-state index contributed by atoms with van der Waals surface area (Å²) in [5.74, 6) is -0.324. The Hall–Kier alpha value is -3.17. The van der Waals surface area contributed by atoms with Gasteiger partial charge < -0.3 is 15.4 Å². The third-order valence-electron chi connectivity index (χ3n) is 3.86. The van der Waals surface area contributed by atoms with Crippen LogP contribution in [0, 0.1) is 5.92 Å². The van der Waals surface area contributed by atoms with Gasteiger partial charge in [0.15, 0.2) is 6.61 Å². The number of amides is 2. The standard InChI is InChI=1S/C18H17F3N4O3/c19-18(20,21)10-28-15-4-1-11(8-23-15)9-24-16(26)13-5-6-22-14(7-13)25-17(27)12-2-3-12/h1,4-8,12H,2-3,9-10H2,(H,24,26)(H,22,25,27). The molecule has 2 aromatic heterocycles. The van der Waals surface area contributed by atoms with E-state index in [1.165, 1.54) is 36.7 Å². The van der Waals surface area contributed by atoms with Crippen LogP contribution in [0.4, 0.5) is 19.0 Å². The van der Waals surface area contributed by atoms with Gasteiger partial charge in [-0.2, -0.15) is 13.2 Å². The molecule has 0 saturated heterocycles. The first-order valence-corrected chi connectivity index (χ1v) is 8.50. The van der Waals surface area contributed by atoms with Crippen LogP contribution in [0.15, 0.2) is 36.7 Å². The van der Waals surface area contributed by atoms with Gasteiger partial charge in [-0.1, -0.05) is 6.07 Å². The van der Waals surface area contributed by atoms with Gasteiger partial charge in [-0.25, -0.2) is 9.97 Å². The number of hydrogen-bond acceptors (Lipinski definition) is 5. The molecular formula is C18H17F3N4O3. The first-order valence-electron chi connectivity index (χ1n) is 8.50. The lowest BCUT2D eigenvalue weighted by Crippen LogP contribution is -2.23. The molecule has 28 heavy (non-hydrogen) atoms. The second kappa shape index (κ2) is 8.24. The summed E-state index contributed by atoms with van der Waals surface area (Å²) < 4.78 is 40.8. The van der Waals surface area contributed by atoms with Crippen LogP contribution in [0.5, 0.6) is 5.88 Å². The predicted octanol–water partition coefficient (Wildman–Crippen LogP) is 2.70. The number of rotatable bonds is 7. The van der Waals surface area contributed by atoms with E-state index in [2.05, 4.69) is 25.3 Å². The zero-order valence-corrected chi connectivity index (χ0v) is 14.6. The molecule has 0 atom stereocenters. The van der Waals surface area contributed by atoms with E-state index in [-0.39, 0.29) is 30.2 Å². The van der Waals surface area contributed by atoms with E-state index < -0.39 is 12.8 Å². The van der Waals surface area contributed by atoms with Crippen molar-refractivity contribution in [1.29, 1.82) is 0 Å². The molecule has 2 amide bonds. The molecule has 0 bridgehead atoms. The zero-order valence-electron chi connectivity index (χ0n) is 14.6. The number of aromatic nitrogens is 2. The Morgan fingerprint density at radius 1 is 1.18 bits per heavy atom. The molecule has 3 rings (SSSR count). The van der Waals surface area contributed by atoms with Crippen LogP contribution in [0.3, 0.4) is 0 Å². The fourth-order valence-electron chi connectivity index (χ4n) is 2.25. The highest BCUT2D eigenvalue weighted by Crippen LogP contribution is 2.29. The highest BCUT2D eigenvalue weighted by Gasteiger charge is 2.30. The first-order chi connectivity index (χ1) is 13.3. The molecule has 2 N–H and O–H groups in total. The van der Waals surface area contributed by atoms with Crippen molar-refractivity contribution < 1.29 is 27.5 Å². The fraction of sp³-hybridized carbons (Fsp3) is 0.333. The molecule has 10 heteroatoms. The highest BCUT2D eigenvalue weighted by atomic mass is 19.4. The average Bonchev–Trinajstić information content (AvgIpc) is 3.50. The van der Waals surface area contributed by atoms with Gasteiger partial charge in [0, 0.05) is 36.5 Å².